The maximum absolute atomic E-state index is 12.9. The molecule has 1 aliphatic rings. The second kappa shape index (κ2) is 7.12. The molecule has 146 valence electrons. The third kappa shape index (κ3) is 3.15. The molecule has 1 aromatic carbocycles. The first kappa shape index (κ1) is 18.2. The Hall–Kier alpha value is -3.14. The molecular weight excluding hydrogens is 384 g/mol. The summed E-state index contributed by atoms with van der Waals surface area (Å²) in [5.41, 5.74) is 0.158. The molecule has 0 unspecified atom stereocenters. The Bertz CT molecular complexity index is 1170. The number of ether oxygens (including phenoxy) is 2. The Labute approximate surface area is 163 Å². The molecule has 0 atom stereocenters. The van der Waals surface area contributed by atoms with Crippen LogP contribution in [0.25, 0.3) is 11.0 Å². The van der Waals surface area contributed by atoms with Crippen LogP contribution in [0.3, 0.4) is 0 Å². The molecule has 0 bridgehead atoms. The first-order chi connectivity index (χ1) is 13.5. The minimum atomic E-state index is -0.489. The van der Waals surface area contributed by atoms with E-state index in [4.69, 9.17) is 9.47 Å². The van der Waals surface area contributed by atoms with E-state index in [0.717, 1.165) is 24.4 Å². The van der Waals surface area contributed by atoms with Crippen molar-refractivity contribution >= 4 is 34.2 Å². The van der Waals surface area contributed by atoms with Gasteiger partial charge in [-0.15, -0.1) is 0 Å². The van der Waals surface area contributed by atoms with E-state index >= 15 is 0 Å². The number of fused-ring (bicyclic) bond motifs is 1. The minimum absolute atomic E-state index is 0.109. The van der Waals surface area contributed by atoms with Crippen LogP contribution in [0.1, 0.15) is 18.9 Å². The summed E-state index contributed by atoms with van der Waals surface area (Å²) in [6.07, 6.45) is 1.56. The highest BCUT2D eigenvalue weighted by atomic mass is 32.1. The topological polar surface area (TPSA) is 104 Å². The summed E-state index contributed by atoms with van der Waals surface area (Å²) in [6, 6.07) is 4.89. The number of anilines is 1. The van der Waals surface area contributed by atoms with Gasteiger partial charge in [-0.3, -0.25) is 18.7 Å². The highest BCUT2D eigenvalue weighted by molar-refractivity contribution is 7.04. The summed E-state index contributed by atoms with van der Waals surface area (Å²) in [5, 5.41) is 4.35. The fraction of sp³-hybridized carbons (Fsp3) is 0.333. The van der Waals surface area contributed by atoms with Crippen molar-refractivity contribution in [3.8, 4) is 11.5 Å². The molecule has 2 heterocycles. The van der Waals surface area contributed by atoms with Crippen LogP contribution in [0.15, 0.2) is 33.2 Å². The van der Waals surface area contributed by atoms with Crippen molar-refractivity contribution in [2.24, 2.45) is 0 Å². The van der Waals surface area contributed by atoms with Crippen LogP contribution < -0.4 is 26.0 Å². The number of benzene rings is 1. The Balaban J connectivity index is 1.67. The predicted octanol–water partition coefficient (Wildman–Crippen LogP) is 1.61. The molecule has 3 aromatic rings. The zero-order chi connectivity index (χ0) is 19.8. The Morgan fingerprint density at radius 3 is 2.75 bits per heavy atom. The van der Waals surface area contributed by atoms with E-state index in [0.29, 0.717) is 22.7 Å². The molecule has 0 saturated heterocycles. The summed E-state index contributed by atoms with van der Waals surface area (Å²) in [6.45, 7) is -0.240. The summed E-state index contributed by atoms with van der Waals surface area (Å²) in [4.78, 5) is 38.0. The molecule has 28 heavy (non-hydrogen) atoms. The molecule has 0 aliphatic heterocycles. The van der Waals surface area contributed by atoms with E-state index < -0.39 is 17.2 Å². The lowest BCUT2D eigenvalue weighted by molar-refractivity contribution is -0.116. The van der Waals surface area contributed by atoms with Gasteiger partial charge in [0.2, 0.25) is 5.91 Å². The molecule has 4 rings (SSSR count). The Morgan fingerprint density at radius 2 is 2.07 bits per heavy atom. The minimum Gasteiger partial charge on any atom is -0.497 e. The second-order valence-electron chi connectivity index (χ2n) is 6.44. The van der Waals surface area contributed by atoms with Crippen molar-refractivity contribution in [1.29, 1.82) is 0 Å². The van der Waals surface area contributed by atoms with E-state index in [9.17, 15) is 14.4 Å². The Kier molecular flexibility index (Phi) is 4.63. The molecule has 1 fully saturated rings. The van der Waals surface area contributed by atoms with E-state index in [-0.39, 0.29) is 18.1 Å². The van der Waals surface area contributed by atoms with Gasteiger partial charge in [0, 0.05) is 17.5 Å². The van der Waals surface area contributed by atoms with Gasteiger partial charge in [0.1, 0.15) is 18.0 Å². The van der Waals surface area contributed by atoms with Gasteiger partial charge in [-0.05, 0) is 36.5 Å². The molecular formula is C18H18N4O5S. The lowest BCUT2D eigenvalue weighted by atomic mass is 10.2. The lowest BCUT2D eigenvalue weighted by Gasteiger charge is -2.13. The number of nitrogens with one attached hydrogen (secondary N) is 1. The number of aromatic nitrogens is 3. The molecule has 1 aliphatic carbocycles. The zero-order valence-electron chi connectivity index (χ0n) is 15.3. The van der Waals surface area contributed by atoms with E-state index in [2.05, 4.69) is 9.69 Å². The van der Waals surface area contributed by atoms with Crippen LogP contribution >= 0.6 is 11.5 Å². The average Bonchev–Trinajstić information content (AvgIpc) is 3.40. The number of nitrogens with zero attached hydrogens (tertiary/aromatic N) is 3. The Morgan fingerprint density at radius 1 is 1.29 bits per heavy atom. The largest absolute Gasteiger partial charge is 0.497 e. The average molecular weight is 402 g/mol. The molecule has 2 aromatic heterocycles. The summed E-state index contributed by atoms with van der Waals surface area (Å²) >= 11 is 1.08. The van der Waals surface area contributed by atoms with Crippen LogP contribution in [0.5, 0.6) is 11.5 Å². The van der Waals surface area contributed by atoms with Gasteiger partial charge in [0.15, 0.2) is 5.52 Å². The first-order valence-corrected chi connectivity index (χ1v) is 9.48. The van der Waals surface area contributed by atoms with Gasteiger partial charge in [0.25, 0.3) is 5.56 Å². The normalized spacial score (nSPS) is 13.5. The van der Waals surface area contributed by atoms with Crippen molar-refractivity contribution < 1.29 is 14.3 Å². The summed E-state index contributed by atoms with van der Waals surface area (Å²) < 4.78 is 17.0. The lowest BCUT2D eigenvalue weighted by Crippen LogP contribution is -2.41. The van der Waals surface area contributed by atoms with E-state index in [1.165, 1.54) is 23.4 Å². The maximum atomic E-state index is 12.9. The van der Waals surface area contributed by atoms with E-state index in [1.54, 1.807) is 23.6 Å². The zero-order valence-corrected chi connectivity index (χ0v) is 16.1. The monoisotopic (exact) mass is 402 g/mol. The van der Waals surface area contributed by atoms with Crippen molar-refractivity contribution in [2.75, 3.05) is 19.5 Å². The molecule has 9 nitrogen and oxygen atoms in total. The van der Waals surface area contributed by atoms with Crippen LogP contribution in [-0.2, 0) is 11.3 Å². The number of rotatable bonds is 6. The first-order valence-electron chi connectivity index (χ1n) is 8.64. The number of carbonyl (C=O) groups excluding carboxylic acids is 1. The van der Waals surface area contributed by atoms with E-state index in [1.807, 2.05) is 0 Å². The standard InChI is InChI=1S/C18H18N4O5S/c1-26-11-5-6-12(14(7-11)27-2)19-15(23)8-21-13-9-28-20-16(13)17(24)22(18(21)25)10-3-4-10/h5-7,9-10H,3-4,8H2,1-2H3,(H,19,23). The van der Waals surface area contributed by atoms with Crippen molar-refractivity contribution in [1.82, 2.24) is 13.5 Å². The summed E-state index contributed by atoms with van der Waals surface area (Å²) in [5.74, 6) is 0.609. The SMILES string of the molecule is COc1ccc(NC(=O)Cn2c(=O)n(C3CC3)c(=O)c3nscc32)c(OC)c1. The van der Waals surface area contributed by atoms with Gasteiger partial charge < -0.3 is 14.8 Å². The quantitative estimate of drug-likeness (QED) is 0.672. The van der Waals surface area contributed by atoms with Crippen LogP contribution in [0.4, 0.5) is 5.69 Å². The van der Waals surface area contributed by atoms with Gasteiger partial charge in [-0.1, -0.05) is 0 Å². The molecule has 1 N–H and O–H groups in total. The van der Waals surface area contributed by atoms with Crippen LogP contribution in [-0.4, -0.2) is 33.6 Å². The highest BCUT2D eigenvalue weighted by Gasteiger charge is 2.29. The third-order valence-corrected chi connectivity index (χ3v) is 5.21. The van der Waals surface area contributed by atoms with Crippen molar-refractivity contribution in [3.05, 3.63) is 44.4 Å². The number of hydrogen-bond donors (Lipinski definition) is 1. The second-order valence-corrected chi connectivity index (χ2v) is 7.07. The molecule has 1 amide bonds. The van der Waals surface area contributed by atoms with Crippen LogP contribution in [0, 0.1) is 0 Å². The number of amides is 1. The maximum Gasteiger partial charge on any atom is 0.332 e. The highest BCUT2D eigenvalue weighted by Crippen LogP contribution is 2.32. The fourth-order valence-corrected chi connectivity index (χ4v) is 3.72. The number of methoxy groups -OCH3 is 2. The van der Waals surface area contributed by atoms with Gasteiger partial charge in [0.05, 0.1) is 25.4 Å². The molecule has 10 heteroatoms. The summed E-state index contributed by atoms with van der Waals surface area (Å²) in [7, 11) is 3.02. The van der Waals surface area contributed by atoms with Crippen LogP contribution in [0.2, 0.25) is 0 Å². The predicted molar refractivity (Wildman–Crippen MR) is 105 cm³/mol. The van der Waals surface area contributed by atoms with Gasteiger partial charge in [-0.2, -0.15) is 4.37 Å². The van der Waals surface area contributed by atoms with Gasteiger partial charge in [-0.25, -0.2) is 4.79 Å². The smallest absolute Gasteiger partial charge is 0.332 e. The number of hydrogen-bond acceptors (Lipinski definition) is 7. The molecule has 1 saturated carbocycles. The molecule has 0 spiro atoms. The fourth-order valence-electron chi connectivity index (χ4n) is 3.05. The van der Waals surface area contributed by atoms with Crippen molar-refractivity contribution in [3.63, 3.8) is 0 Å². The molecule has 0 radical (unpaired) electrons. The van der Waals surface area contributed by atoms with Crippen molar-refractivity contribution in [2.45, 2.75) is 25.4 Å². The van der Waals surface area contributed by atoms with Gasteiger partial charge >= 0.3 is 5.69 Å². The number of carbonyl (C=O) groups is 1. The third-order valence-electron chi connectivity index (χ3n) is 4.60.